The summed E-state index contributed by atoms with van der Waals surface area (Å²) in [6, 6.07) is 10.3. The molecule has 0 aliphatic carbocycles. The second-order valence-corrected chi connectivity index (χ2v) is 5.38. The lowest BCUT2D eigenvalue weighted by atomic mass is 9.99. The second kappa shape index (κ2) is 8.18. The highest BCUT2D eigenvalue weighted by Crippen LogP contribution is 2.17. The normalized spacial score (nSPS) is 13.3. The second-order valence-electron chi connectivity index (χ2n) is 5.38. The molecule has 3 nitrogen and oxygen atoms in total. The molecule has 1 N–H and O–H groups in total. The predicted octanol–water partition coefficient (Wildman–Crippen LogP) is 3.25. The van der Waals surface area contributed by atoms with Gasteiger partial charge in [-0.15, -0.1) is 0 Å². The predicted molar refractivity (Wildman–Crippen MR) is 79.7 cm³/mol. The molecule has 1 aromatic rings. The van der Waals surface area contributed by atoms with Crippen molar-refractivity contribution in [1.29, 1.82) is 0 Å². The van der Waals surface area contributed by atoms with Crippen molar-refractivity contribution in [2.75, 3.05) is 20.3 Å². The van der Waals surface area contributed by atoms with E-state index in [1.54, 1.807) is 7.11 Å². The van der Waals surface area contributed by atoms with Crippen molar-refractivity contribution in [3.05, 3.63) is 30.3 Å². The van der Waals surface area contributed by atoms with Gasteiger partial charge in [-0.2, -0.15) is 0 Å². The quantitative estimate of drug-likeness (QED) is 0.743. The van der Waals surface area contributed by atoms with Crippen LogP contribution in [0, 0.1) is 0 Å². The van der Waals surface area contributed by atoms with Gasteiger partial charge >= 0.3 is 0 Å². The van der Waals surface area contributed by atoms with Gasteiger partial charge in [-0.3, -0.25) is 0 Å². The SMILES string of the molecule is CCNC(CCC(C)(C)OC)COc1ccccc1. The maximum Gasteiger partial charge on any atom is 0.119 e. The fourth-order valence-electron chi connectivity index (χ4n) is 1.87. The van der Waals surface area contributed by atoms with Gasteiger partial charge in [-0.1, -0.05) is 25.1 Å². The summed E-state index contributed by atoms with van der Waals surface area (Å²) in [5.74, 6) is 0.927. The molecule has 0 spiro atoms. The molecule has 0 bridgehead atoms. The number of para-hydroxylation sites is 1. The Morgan fingerprint density at radius 2 is 1.89 bits per heavy atom. The van der Waals surface area contributed by atoms with Crippen molar-refractivity contribution in [3.63, 3.8) is 0 Å². The lowest BCUT2D eigenvalue weighted by Gasteiger charge is -2.26. The minimum Gasteiger partial charge on any atom is -0.492 e. The number of hydrogen-bond acceptors (Lipinski definition) is 3. The lowest BCUT2D eigenvalue weighted by Crippen LogP contribution is -2.36. The molecule has 108 valence electrons. The first kappa shape index (κ1) is 16.0. The van der Waals surface area contributed by atoms with Gasteiger partial charge in [0.2, 0.25) is 0 Å². The van der Waals surface area contributed by atoms with E-state index in [4.69, 9.17) is 9.47 Å². The van der Waals surface area contributed by atoms with Crippen molar-refractivity contribution in [2.45, 2.75) is 45.3 Å². The Morgan fingerprint density at radius 3 is 2.47 bits per heavy atom. The first-order valence-electron chi connectivity index (χ1n) is 7.04. The number of ether oxygens (including phenoxy) is 2. The van der Waals surface area contributed by atoms with Gasteiger partial charge in [0.1, 0.15) is 12.4 Å². The fourth-order valence-corrected chi connectivity index (χ4v) is 1.87. The first-order chi connectivity index (χ1) is 9.07. The Labute approximate surface area is 117 Å². The van der Waals surface area contributed by atoms with Crippen molar-refractivity contribution in [1.82, 2.24) is 5.32 Å². The number of nitrogens with one attached hydrogen (secondary N) is 1. The Kier molecular flexibility index (Phi) is 6.89. The number of likely N-dealkylation sites (N-methyl/N-ethyl adjacent to an activating group) is 1. The molecular weight excluding hydrogens is 238 g/mol. The molecule has 0 amide bonds. The van der Waals surface area contributed by atoms with Crippen LogP contribution in [0.15, 0.2) is 30.3 Å². The highest BCUT2D eigenvalue weighted by atomic mass is 16.5. The molecule has 0 fully saturated rings. The number of rotatable bonds is 9. The molecule has 1 unspecified atom stereocenters. The van der Waals surface area contributed by atoms with Gasteiger partial charge in [-0.05, 0) is 45.4 Å². The average Bonchev–Trinajstić information content (AvgIpc) is 2.43. The first-order valence-corrected chi connectivity index (χ1v) is 7.04. The van der Waals surface area contributed by atoms with Crippen LogP contribution < -0.4 is 10.1 Å². The van der Waals surface area contributed by atoms with Crippen LogP contribution in [0.3, 0.4) is 0 Å². The number of hydrogen-bond donors (Lipinski definition) is 1. The summed E-state index contributed by atoms with van der Waals surface area (Å²) in [5, 5.41) is 3.47. The minimum absolute atomic E-state index is 0.0690. The fraction of sp³-hybridized carbons (Fsp3) is 0.625. The molecule has 3 heteroatoms. The molecular formula is C16H27NO2. The zero-order chi connectivity index (χ0) is 14.1. The largest absolute Gasteiger partial charge is 0.492 e. The van der Waals surface area contributed by atoms with Crippen LogP contribution in [0.2, 0.25) is 0 Å². The average molecular weight is 265 g/mol. The third-order valence-corrected chi connectivity index (χ3v) is 3.33. The van der Waals surface area contributed by atoms with Crippen molar-refractivity contribution < 1.29 is 9.47 Å². The van der Waals surface area contributed by atoms with Crippen LogP contribution >= 0.6 is 0 Å². The molecule has 1 rings (SSSR count). The summed E-state index contributed by atoms with van der Waals surface area (Å²) in [6.45, 7) is 8.01. The standard InChI is InChI=1S/C16H27NO2/c1-5-17-14(11-12-16(2,3)18-4)13-19-15-9-7-6-8-10-15/h6-10,14,17H,5,11-13H2,1-4H3. The van der Waals surface area contributed by atoms with Crippen molar-refractivity contribution >= 4 is 0 Å². The molecule has 19 heavy (non-hydrogen) atoms. The van der Waals surface area contributed by atoms with Crippen molar-refractivity contribution in [3.8, 4) is 5.75 Å². The molecule has 0 radical (unpaired) electrons. The van der Waals surface area contributed by atoms with Gasteiger partial charge < -0.3 is 14.8 Å². The highest BCUT2D eigenvalue weighted by molar-refractivity contribution is 5.20. The lowest BCUT2D eigenvalue weighted by molar-refractivity contribution is 0.0106. The van der Waals surface area contributed by atoms with E-state index < -0.39 is 0 Å². The van der Waals surface area contributed by atoms with E-state index in [2.05, 4.69) is 26.1 Å². The molecule has 1 aromatic carbocycles. The van der Waals surface area contributed by atoms with Crippen LogP contribution in [-0.2, 0) is 4.74 Å². The van der Waals surface area contributed by atoms with Gasteiger partial charge in [-0.25, -0.2) is 0 Å². The van der Waals surface area contributed by atoms with Gasteiger partial charge in [0.05, 0.1) is 5.60 Å². The zero-order valence-electron chi connectivity index (χ0n) is 12.6. The van der Waals surface area contributed by atoms with E-state index in [9.17, 15) is 0 Å². The molecule has 1 atom stereocenters. The van der Waals surface area contributed by atoms with E-state index in [1.807, 2.05) is 30.3 Å². The van der Waals surface area contributed by atoms with E-state index in [-0.39, 0.29) is 5.60 Å². The summed E-state index contributed by atoms with van der Waals surface area (Å²) in [7, 11) is 1.77. The van der Waals surface area contributed by atoms with E-state index >= 15 is 0 Å². The van der Waals surface area contributed by atoms with Crippen LogP contribution in [0.4, 0.5) is 0 Å². The van der Waals surface area contributed by atoms with E-state index in [0.29, 0.717) is 12.6 Å². The molecule has 0 saturated carbocycles. The topological polar surface area (TPSA) is 30.5 Å². The van der Waals surface area contributed by atoms with Crippen LogP contribution in [0.25, 0.3) is 0 Å². The van der Waals surface area contributed by atoms with Crippen LogP contribution in [-0.4, -0.2) is 31.9 Å². The Balaban J connectivity index is 2.40. The summed E-state index contributed by atoms with van der Waals surface area (Å²) in [5.41, 5.74) is -0.0690. The molecule has 0 aliphatic rings. The Hall–Kier alpha value is -1.06. The summed E-state index contributed by atoms with van der Waals surface area (Å²) in [6.07, 6.45) is 2.06. The van der Waals surface area contributed by atoms with E-state index in [0.717, 1.165) is 25.1 Å². The van der Waals surface area contributed by atoms with Crippen molar-refractivity contribution in [2.24, 2.45) is 0 Å². The molecule has 0 saturated heterocycles. The number of methoxy groups -OCH3 is 1. The molecule has 0 aliphatic heterocycles. The van der Waals surface area contributed by atoms with Gasteiger partial charge in [0, 0.05) is 13.2 Å². The Bertz CT molecular complexity index is 338. The maximum absolute atomic E-state index is 5.82. The minimum atomic E-state index is -0.0690. The zero-order valence-corrected chi connectivity index (χ0v) is 12.6. The molecule has 0 aromatic heterocycles. The van der Waals surface area contributed by atoms with Gasteiger partial charge in [0.25, 0.3) is 0 Å². The number of benzene rings is 1. The monoisotopic (exact) mass is 265 g/mol. The Morgan fingerprint density at radius 1 is 1.21 bits per heavy atom. The smallest absolute Gasteiger partial charge is 0.119 e. The third-order valence-electron chi connectivity index (χ3n) is 3.33. The van der Waals surface area contributed by atoms with E-state index in [1.165, 1.54) is 0 Å². The molecule has 0 heterocycles. The summed E-state index contributed by atoms with van der Waals surface area (Å²) >= 11 is 0. The maximum atomic E-state index is 5.82. The van der Waals surface area contributed by atoms with Crippen LogP contribution in [0.5, 0.6) is 5.75 Å². The summed E-state index contributed by atoms with van der Waals surface area (Å²) < 4.78 is 11.3. The summed E-state index contributed by atoms with van der Waals surface area (Å²) in [4.78, 5) is 0. The highest BCUT2D eigenvalue weighted by Gasteiger charge is 2.19. The van der Waals surface area contributed by atoms with Gasteiger partial charge in [0.15, 0.2) is 0 Å². The van der Waals surface area contributed by atoms with Crippen LogP contribution in [0.1, 0.15) is 33.6 Å². The third kappa shape index (κ3) is 6.60.